The van der Waals surface area contributed by atoms with E-state index in [1.165, 1.54) is 114 Å². The van der Waals surface area contributed by atoms with Gasteiger partial charge in [0.05, 0.1) is 0 Å². The Balaban J connectivity index is 0.000000251. The topological polar surface area (TPSA) is 0 Å². The van der Waals surface area contributed by atoms with Gasteiger partial charge in [-0.2, -0.15) is 12.1 Å². The maximum absolute atomic E-state index is 3.06. The van der Waals surface area contributed by atoms with Gasteiger partial charge in [-0.15, -0.1) is 68.6 Å². The first-order chi connectivity index (χ1) is 22.9. The third-order valence-electron chi connectivity index (χ3n) is 9.89. The molecular formula is C48H56SiZr-4. The van der Waals surface area contributed by atoms with E-state index < -0.39 is 0 Å². The Kier molecular flexibility index (Phi) is 14.4. The summed E-state index contributed by atoms with van der Waals surface area (Å²) >= 11 is 1.36. The fourth-order valence-corrected chi connectivity index (χ4v) is 6.98. The molecule has 2 heteroatoms. The van der Waals surface area contributed by atoms with Crippen LogP contribution in [0.5, 0.6) is 0 Å². The standard InChI is InChI=1S/C25H27.C21H23.2CH3.Si.Zr/c1-25(2,3)22-14-12-19(13-15-22)23-11-7-10-20-16-21(17-24(20)23)18-8-5-4-6-9-18;1-14-12-19-15(2)6-11-18(20(19)13-14)16-7-9-17(10-8-16)21(3,4)5;;;;/h4-5,7,10-18H,6,8-9H2,1-3H3;6-13H,1-5H3;2*1H3;;/q4*-1;;. The molecule has 1 unspecified atom stereocenters. The van der Waals surface area contributed by atoms with Crippen LogP contribution in [0.25, 0.3) is 43.8 Å². The summed E-state index contributed by atoms with van der Waals surface area (Å²) < 4.78 is 0. The molecule has 0 heterocycles. The Hall–Kier alpha value is -3.06. The molecule has 0 aromatic heterocycles. The zero-order chi connectivity index (χ0) is 34.6. The zero-order valence-corrected chi connectivity index (χ0v) is 35.6. The molecule has 50 heavy (non-hydrogen) atoms. The van der Waals surface area contributed by atoms with Crippen LogP contribution in [0.4, 0.5) is 0 Å². The molecule has 0 nitrogen and oxygen atoms in total. The average molecular weight is 752 g/mol. The predicted octanol–water partition coefficient (Wildman–Crippen LogP) is 14.0. The van der Waals surface area contributed by atoms with E-state index in [9.17, 15) is 0 Å². The van der Waals surface area contributed by atoms with Gasteiger partial charge in [0.25, 0.3) is 0 Å². The number of rotatable bonds is 3. The molecule has 7 rings (SSSR count). The summed E-state index contributed by atoms with van der Waals surface area (Å²) in [5.74, 6) is 0.688. The van der Waals surface area contributed by atoms with Crippen LogP contribution in [-0.2, 0) is 34.2 Å². The molecule has 6 aromatic carbocycles. The second-order valence-electron chi connectivity index (χ2n) is 15.5. The van der Waals surface area contributed by atoms with Crippen LogP contribution in [0.1, 0.15) is 94.5 Å². The van der Waals surface area contributed by atoms with Crippen molar-refractivity contribution in [2.24, 2.45) is 0 Å². The second kappa shape index (κ2) is 17.4. The van der Waals surface area contributed by atoms with Crippen LogP contribution in [0, 0.1) is 28.7 Å². The SMILES string of the molecule is CC(C)(C)c1ccc(-c2cccc3[cH-]c(C4CC=CCC4)cc23)cc1.Cc1cc2c(-c3ccc(C(C)(C)C)cc3)ccc(C)c2[cH-]1.[CH3-].[CH3-].[Si]=[Zr]. The molecule has 0 amide bonds. The number of allylic oxidation sites excluding steroid dienone is 2. The van der Waals surface area contributed by atoms with Crippen LogP contribution in [0.3, 0.4) is 0 Å². The molecule has 1 aliphatic rings. The normalized spacial score (nSPS) is 14.1. The molecule has 0 fully saturated rings. The van der Waals surface area contributed by atoms with Gasteiger partial charge in [-0.1, -0.05) is 139 Å². The van der Waals surface area contributed by atoms with E-state index in [0.29, 0.717) is 5.92 Å². The molecule has 0 N–H and O–H groups in total. The number of hydrogen-bond acceptors (Lipinski definition) is 0. The molecule has 0 saturated heterocycles. The van der Waals surface area contributed by atoms with E-state index in [-0.39, 0.29) is 25.7 Å². The van der Waals surface area contributed by atoms with Crippen LogP contribution in [0.15, 0.2) is 115 Å². The van der Waals surface area contributed by atoms with Crippen molar-refractivity contribution in [1.29, 1.82) is 0 Å². The summed E-state index contributed by atoms with van der Waals surface area (Å²) in [7, 11) is 0. The van der Waals surface area contributed by atoms with Crippen LogP contribution < -0.4 is 0 Å². The van der Waals surface area contributed by atoms with E-state index in [1.807, 2.05) is 0 Å². The average Bonchev–Trinajstić information content (AvgIpc) is 3.70. The summed E-state index contributed by atoms with van der Waals surface area (Å²) in [6.45, 7) is 21.0. The van der Waals surface area contributed by atoms with Gasteiger partial charge in [0, 0.05) is 0 Å². The van der Waals surface area contributed by atoms with Gasteiger partial charge in [-0.05, 0) is 58.3 Å². The first-order valence-electron chi connectivity index (χ1n) is 17.4. The Labute approximate surface area is 321 Å². The van der Waals surface area contributed by atoms with Gasteiger partial charge in [-0.25, -0.2) is 0 Å². The van der Waals surface area contributed by atoms with E-state index in [4.69, 9.17) is 0 Å². The van der Waals surface area contributed by atoms with E-state index >= 15 is 0 Å². The van der Waals surface area contributed by atoms with Gasteiger partial charge in [-0.3, -0.25) is 0 Å². The fraction of sp³-hybridized carbons (Fsp3) is 0.292. The van der Waals surface area contributed by atoms with E-state index in [2.05, 4.69) is 178 Å². The quantitative estimate of drug-likeness (QED) is 0.0960. The molecule has 0 aliphatic heterocycles. The molecule has 260 valence electrons. The fourth-order valence-electron chi connectivity index (χ4n) is 6.98. The minimum atomic E-state index is 0. The van der Waals surface area contributed by atoms with E-state index in [1.54, 1.807) is 0 Å². The summed E-state index contributed by atoms with van der Waals surface area (Å²) in [5, 5.41) is 5.53. The molecule has 1 atom stereocenters. The first kappa shape index (κ1) is 41.4. The van der Waals surface area contributed by atoms with Gasteiger partial charge < -0.3 is 14.9 Å². The maximum atomic E-state index is 3.06. The van der Waals surface area contributed by atoms with Crippen molar-refractivity contribution in [1.82, 2.24) is 0 Å². The first-order valence-corrected chi connectivity index (χ1v) is 21.5. The molecule has 1 aliphatic carbocycles. The Morgan fingerprint density at radius 2 is 1.20 bits per heavy atom. The third kappa shape index (κ3) is 9.43. The molecule has 0 spiro atoms. The summed E-state index contributed by atoms with van der Waals surface area (Å²) in [5.41, 5.74) is 12.7. The monoisotopic (exact) mass is 750 g/mol. The van der Waals surface area contributed by atoms with Crippen LogP contribution in [0.2, 0.25) is 0 Å². The van der Waals surface area contributed by atoms with Gasteiger partial charge in [0.2, 0.25) is 0 Å². The second-order valence-corrected chi connectivity index (χ2v) is 15.5. The van der Waals surface area contributed by atoms with Crippen molar-refractivity contribution in [3.63, 3.8) is 0 Å². The number of benzene rings is 4. The van der Waals surface area contributed by atoms with E-state index in [0.717, 1.165) is 0 Å². The van der Waals surface area contributed by atoms with Crippen molar-refractivity contribution >= 4 is 28.4 Å². The molecule has 0 saturated carbocycles. The number of fused-ring (bicyclic) bond motifs is 2. The van der Waals surface area contributed by atoms with Crippen molar-refractivity contribution in [2.75, 3.05) is 0 Å². The Morgan fingerprint density at radius 1 is 0.640 bits per heavy atom. The molecule has 2 radical (unpaired) electrons. The number of aryl methyl sites for hydroxylation is 2. The summed E-state index contributed by atoms with van der Waals surface area (Å²) in [6, 6.07) is 38.8. The van der Waals surface area contributed by atoms with Crippen molar-refractivity contribution < 1.29 is 23.3 Å². The molecule has 0 bridgehead atoms. The third-order valence-corrected chi connectivity index (χ3v) is 9.89. The van der Waals surface area contributed by atoms with Crippen LogP contribution >= 0.6 is 0 Å². The Morgan fingerprint density at radius 3 is 1.72 bits per heavy atom. The van der Waals surface area contributed by atoms with Crippen molar-refractivity contribution in [3.05, 3.63) is 158 Å². The summed E-state index contributed by atoms with van der Waals surface area (Å²) in [6.07, 6.45) is 8.35. The molecular weight excluding hydrogens is 696 g/mol. The predicted molar refractivity (Wildman–Crippen MR) is 221 cm³/mol. The van der Waals surface area contributed by atoms with Crippen LogP contribution in [-0.4, -0.2) is 6.88 Å². The van der Waals surface area contributed by atoms with Gasteiger partial charge >= 0.3 is 30.2 Å². The molecule has 6 aromatic rings. The minimum absolute atomic E-state index is 0. The van der Waals surface area contributed by atoms with Gasteiger partial charge in [0.15, 0.2) is 0 Å². The Bertz CT molecular complexity index is 2000. The summed E-state index contributed by atoms with van der Waals surface area (Å²) in [4.78, 5) is 0. The zero-order valence-electron chi connectivity index (χ0n) is 32.2. The van der Waals surface area contributed by atoms with Crippen molar-refractivity contribution in [2.45, 2.75) is 91.4 Å². The number of hydrogen-bond donors (Lipinski definition) is 0. The van der Waals surface area contributed by atoms with Crippen molar-refractivity contribution in [3.8, 4) is 22.3 Å². The van der Waals surface area contributed by atoms with Gasteiger partial charge in [0.1, 0.15) is 0 Å².